The predicted octanol–water partition coefficient (Wildman–Crippen LogP) is 1.45. The minimum atomic E-state index is -0.241. The number of rotatable bonds is 0. The van der Waals surface area contributed by atoms with Crippen molar-refractivity contribution in [1.29, 1.82) is 0 Å². The molecule has 0 aromatic heterocycles. The average Bonchev–Trinajstić information content (AvgIpc) is 1.35. The Balaban J connectivity index is 3.20. The molecule has 0 fully saturated rings. The van der Waals surface area contributed by atoms with Crippen molar-refractivity contribution in [2.24, 2.45) is 0 Å². The molecule has 33 valence electrons. The summed E-state index contributed by atoms with van der Waals surface area (Å²) in [5, 5.41) is -0.241. The molecule has 1 unspecified atom stereocenters. The lowest BCUT2D eigenvalue weighted by Crippen LogP contribution is -1.79. The molecular weight excluding hydrogens is 95.5 g/mol. The van der Waals surface area contributed by atoms with Gasteiger partial charge in [0.25, 0.3) is 0 Å². The highest BCUT2D eigenvalue weighted by molar-refractivity contribution is 6.22. The fourth-order valence-electron chi connectivity index (χ4n) is 0.157. The Morgan fingerprint density at radius 1 is 1.83 bits per heavy atom. The molecule has 0 nitrogen and oxygen atoms in total. The lowest BCUT2D eigenvalue weighted by atomic mass is 10.5. The molecule has 0 N–H and O–H groups in total. The van der Waals surface area contributed by atoms with E-state index < -0.39 is 0 Å². The normalized spacial score (nSPS) is 11.8. The van der Waals surface area contributed by atoms with Gasteiger partial charge in [-0.25, -0.2) is 0 Å². The summed E-state index contributed by atoms with van der Waals surface area (Å²) in [5.74, 6) is 5.24. The monoisotopic (exact) mass is 101 g/mol. The van der Waals surface area contributed by atoms with E-state index in [1.165, 1.54) is 0 Å². The minimum Gasteiger partial charge on any atom is -0.109 e. The molecule has 0 bridgehead atoms. The van der Waals surface area contributed by atoms with Crippen LogP contribution in [-0.2, 0) is 0 Å². The first-order valence-electron chi connectivity index (χ1n) is 1.67. The summed E-state index contributed by atoms with van der Waals surface area (Å²) in [6.45, 7) is 5.16. The number of alkyl halides is 1. The van der Waals surface area contributed by atoms with Gasteiger partial charge in [0.2, 0.25) is 0 Å². The molecule has 6 heavy (non-hydrogen) atoms. The van der Waals surface area contributed by atoms with Gasteiger partial charge < -0.3 is 0 Å². The number of halogens is 1. The van der Waals surface area contributed by atoms with Gasteiger partial charge in [-0.3, -0.25) is 0 Å². The van der Waals surface area contributed by atoms with Crippen LogP contribution in [0, 0.1) is 18.8 Å². The Morgan fingerprint density at radius 2 is 2.33 bits per heavy atom. The quantitative estimate of drug-likeness (QED) is 0.320. The van der Waals surface area contributed by atoms with Gasteiger partial charge in [-0.1, -0.05) is 5.92 Å². The standard InChI is InChI=1S/C5H6Cl/c1-3-4-5(2)6/h5H,2H2,1H3. The van der Waals surface area contributed by atoms with E-state index in [0.29, 0.717) is 0 Å². The summed E-state index contributed by atoms with van der Waals surface area (Å²) in [6, 6.07) is 0. The maximum atomic E-state index is 5.29. The number of hydrogen-bond acceptors (Lipinski definition) is 0. The second-order valence-corrected chi connectivity index (χ2v) is 1.39. The van der Waals surface area contributed by atoms with Gasteiger partial charge in [-0.05, 0) is 13.8 Å². The van der Waals surface area contributed by atoms with Crippen molar-refractivity contribution in [2.45, 2.75) is 12.3 Å². The molecule has 0 saturated carbocycles. The third-order valence-electron chi connectivity index (χ3n) is 0.301. The summed E-state index contributed by atoms with van der Waals surface area (Å²) in [4.78, 5) is 0. The van der Waals surface area contributed by atoms with E-state index in [9.17, 15) is 0 Å². The summed E-state index contributed by atoms with van der Waals surface area (Å²) < 4.78 is 0. The van der Waals surface area contributed by atoms with Crippen LogP contribution in [0.2, 0.25) is 0 Å². The third-order valence-corrected chi connectivity index (χ3v) is 0.410. The van der Waals surface area contributed by atoms with Crippen molar-refractivity contribution in [3.05, 3.63) is 6.92 Å². The summed E-state index contributed by atoms with van der Waals surface area (Å²) in [7, 11) is 0. The second-order valence-electron chi connectivity index (χ2n) is 0.862. The zero-order chi connectivity index (χ0) is 4.99. The van der Waals surface area contributed by atoms with Crippen molar-refractivity contribution < 1.29 is 0 Å². The van der Waals surface area contributed by atoms with Gasteiger partial charge in [-0.15, -0.1) is 17.5 Å². The fraction of sp³-hybridized carbons (Fsp3) is 0.400. The van der Waals surface area contributed by atoms with Gasteiger partial charge in [0.05, 0.1) is 5.38 Å². The van der Waals surface area contributed by atoms with Crippen molar-refractivity contribution in [1.82, 2.24) is 0 Å². The average molecular weight is 102 g/mol. The molecule has 0 spiro atoms. The van der Waals surface area contributed by atoms with E-state index in [1.807, 2.05) is 0 Å². The molecule has 0 heterocycles. The molecule has 1 radical (unpaired) electrons. The molecule has 0 aliphatic heterocycles. The van der Waals surface area contributed by atoms with Crippen molar-refractivity contribution in [2.75, 3.05) is 0 Å². The SMILES string of the molecule is [CH2]C(Cl)C#CC. The van der Waals surface area contributed by atoms with Crippen LogP contribution in [0.5, 0.6) is 0 Å². The van der Waals surface area contributed by atoms with E-state index in [2.05, 4.69) is 18.8 Å². The molecule has 0 aliphatic carbocycles. The first-order valence-corrected chi connectivity index (χ1v) is 2.10. The van der Waals surface area contributed by atoms with Crippen LogP contribution < -0.4 is 0 Å². The van der Waals surface area contributed by atoms with Gasteiger partial charge >= 0.3 is 0 Å². The molecule has 1 atom stereocenters. The third kappa shape index (κ3) is 3.85. The Hall–Kier alpha value is -0.150. The summed E-state index contributed by atoms with van der Waals surface area (Å²) in [5.41, 5.74) is 0. The van der Waals surface area contributed by atoms with Crippen molar-refractivity contribution in [3.63, 3.8) is 0 Å². The maximum Gasteiger partial charge on any atom is 0.0943 e. The maximum absolute atomic E-state index is 5.29. The van der Waals surface area contributed by atoms with Gasteiger partial charge in [0.15, 0.2) is 0 Å². The summed E-state index contributed by atoms with van der Waals surface area (Å²) >= 11 is 5.29. The highest BCUT2D eigenvalue weighted by Gasteiger charge is 1.79. The largest absolute Gasteiger partial charge is 0.109 e. The molecule has 0 aromatic rings. The van der Waals surface area contributed by atoms with Crippen LogP contribution in [0.25, 0.3) is 0 Å². The van der Waals surface area contributed by atoms with Crippen molar-refractivity contribution in [3.8, 4) is 11.8 Å². The minimum absolute atomic E-state index is 0.241. The van der Waals surface area contributed by atoms with Gasteiger partial charge in [-0.2, -0.15) is 0 Å². The second kappa shape index (κ2) is 3.06. The van der Waals surface area contributed by atoms with Gasteiger partial charge in [0.1, 0.15) is 0 Å². The summed E-state index contributed by atoms with van der Waals surface area (Å²) in [6.07, 6.45) is 0. The van der Waals surface area contributed by atoms with E-state index >= 15 is 0 Å². The van der Waals surface area contributed by atoms with Crippen LogP contribution in [0.1, 0.15) is 6.92 Å². The van der Waals surface area contributed by atoms with Crippen LogP contribution >= 0.6 is 11.6 Å². The van der Waals surface area contributed by atoms with E-state index in [0.717, 1.165) is 0 Å². The molecular formula is C5H6Cl. The van der Waals surface area contributed by atoms with E-state index in [4.69, 9.17) is 11.6 Å². The smallest absolute Gasteiger partial charge is 0.0943 e. The predicted molar refractivity (Wildman–Crippen MR) is 28.4 cm³/mol. The molecule has 0 aromatic carbocycles. The Kier molecular flexibility index (Phi) is 2.98. The lowest BCUT2D eigenvalue weighted by molar-refractivity contribution is 1.48. The molecule has 0 rings (SSSR count). The first kappa shape index (κ1) is 5.85. The lowest BCUT2D eigenvalue weighted by Gasteiger charge is -1.78. The fourth-order valence-corrected chi connectivity index (χ4v) is 0.266. The van der Waals surface area contributed by atoms with E-state index in [-0.39, 0.29) is 5.38 Å². The molecule has 0 saturated heterocycles. The van der Waals surface area contributed by atoms with Crippen LogP contribution in [0.3, 0.4) is 0 Å². The van der Waals surface area contributed by atoms with E-state index in [1.54, 1.807) is 6.92 Å². The van der Waals surface area contributed by atoms with Crippen LogP contribution in [0.4, 0.5) is 0 Å². The molecule has 1 heteroatoms. The highest BCUT2D eigenvalue weighted by atomic mass is 35.5. The first-order chi connectivity index (χ1) is 2.77. The zero-order valence-electron chi connectivity index (χ0n) is 3.66. The van der Waals surface area contributed by atoms with Crippen molar-refractivity contribution >= 4 is 11.6 Å². The Labute approximate surface area is 43.5 Å². The van der Waals surface area contributed by atoms with Gasteiger partial charge in [0, 0.05) is 0 Å². The zero-order valence-corrected chi connectivity index (χ0v) is 4.42. The Bertz CT molecular complexity index is 73.7. The molecule has 0 aliphatic rings. The number of hydrogen-bond donors (Lipinski definition) is 0. The molecule has 0 amide bonds. The van der Waals surface area contributed by atoms with Crippen LogP contribution in [0.15, 0.2) is 0 Å². The highest BCUT2D eigenvalue weighted by Crippen LogP contribution is 1.85. The topological polar surface area (TPSA) is 0 Å². The van der Waals surface area contributed by atoms with Crippen LogP contribution in [-0.4, -0.2) is 5.38 Å². The Morgan fingerprint density at radius 3 is 2.33 bits per heavy atom.